The average molecular weight is 276 g/mol. The van der Waals surface area contributed by atoms with Crippen molar-refractivity contribution in [1.29, 1.82) is 0 Å². The number of nitrogens with one attached hydrogen (secondary N) is 1. The summed E-state index contributed by atoms with van der Waals surface area (Å²) in [7, 11) is 0. The lowest BCUT2D eigenvalue weighted by Crippen LogP contribution is -2.44. The van der Waals surface area contributed by atoms with E-state index in [9.17, 15) is 4.79 Å². The zero-order valence-electron chi connectivity index (χ0n) is 12.7. The molecule has 0 aliphatic carbocycles. The van der Waals surface area contributed by atoms with Gasteiger partial charge < -0.3 is 10.1 Å². The lowest BCUT2D eigenvalue weighted by molar-refractivity contribution is 0.0239. The van der Waals surface area contributed by atoms with Gasteiger partial charge in [-0.1, -0.05) is 51.1 Å². The lowest BCUT2D eigenvalue weighted by Gasteiger charge is -2.24. The molecule has 0 spiro atoms. The van der Waals surface area contributed by atoms with E-state index in [2.05, 4.69) is 26.1 Å². The van der Waals surface area contributed by atoms with E-state index >= 15 is 0 Å². The maximum absolute atomic E-state index is 12.2. The Morgan fingerprint density at radius 3 is 2.60 bits per heavy atom. The van der Waals surface area contributed by atoms with Crippen LogP contribution < -0.4 is 5.32 Å². The SMILES string of the molecule is CC1OC(c2ccccc2)CN1C(=O)NCC(C)(C)C. The summed E-state index contributed by atoms with van der Waals surface area (Å²) in [6.45, 7) is 9.48. The van der Waals surface area contributed by atoms with E-state index in [-0.39, 0.29) is 23.8 Å². The van der Waals surface area contributed by atoms with Crippen LogP contribution in [0.25, 0.3) is 0 Å². The predicted molar refractivity (Wildman–Crippen MR) is 79.3 cm³/mol. The summed E-state index contributed by atoms with van der Waals surface area (Å²) in [5.41, 5.74) is 1.20. The number of nitrogens with zero attached hydrogens (tertiary/aromatic N) is 1. The molecule has 1 saturated heterocycles. The van der Waals surface area contributed by atoms with Gasteiger partial charge in [-0.25, -0.2) is 4.79 Å². The largest absolute Gasteiger partial charge is 0.349 e. The summed E-state index contributed by atoms with van der Waals surface area (Å²) < 4.78 is 5.88. The Bertz CT molecular complexity index is 453. The van der Waals surface area contributed by atoms with Crippen molar-refractivity contribution >= 4 is 6.03 Å². The summed E-state index contributed by atoms with van der Waals surface area (Å²) in [6.07, 6.45) is -0.230. The van der Waals surface area contributed by atoms with E-state index in [1.807, 2.05) is 37.3 Å². The van der Waals surface area contributed by atoms with Crippen LogP contribution in [0.3, 0.4) is 0 Å². The highest BCUT2D eigenvalue weighted by Gasteiger charge is 2.34. The van der Waals surface area contributed by atoms with Crippen LogP contribution in [0.5, 0.6) is 0 Å². The van der Waals surface area contributed by atoms with E-state index in [1.54, 1.807) is 4.90 Å². The third kappa shape index (κ3) is 3.73. The van der Waals surface area contributed by atoms with E-state index in [4.69, 9.17) is 4.74 Å². The van der Waals surface area contributed by atoms with Gasteiger partial charge >= 0.3 is 6.03 Å². The Labute approximate surface area is 121 Å². The molecule has 1 aromatic rings. The number of hydrogen-bond acceptors (Lipinski definition) is 2. The van der Waals surface area contributed by atoms with Crippen molar-refractivity contribution in [1.82, 2.24) is 10.2 Å². The van der Waals surface area contributed by atoms with Gasteiger partial charge in [0.1, 0.15) is 12.3 Å². The zero-order chi connectivity index (χ0) is 14.8. The fourth-order valence-corrected chi connectivity index (χ4v) is 2.22. The highest BCUT2D eigenvalue weighted by Crippen LogP contribution is 2.28. The molecule has 2 amide bonds. The van der Waals surface area contributed by atoms with Gasteiger partial charge in [-0.15, -0.1) is 0 Å². The van der Waals surface area contributed by atoms with Crippen LogP contribution >= 0.6 is 0 Å². The minimum Gasteiger partial charge on any atom is -0.349 e. The Morgan fingerprint density at radius 2 is 2.00 bits per heavy atom. The number of benzene rings is 1. The summed E-state index contributed by atoms with van der Waals surface area (Å²) in [5.74, 6) is 0. The minimum absolute atomic E-state index is 0.0356. The van der Waals surface area contributed by atoms with Gasteiger partial charge in [0.15, 0.2) is 0 Å². The van der Waals surface area contributed by atoms with Gasteiger partial charge in [0.25, 0.3) is 0 Å². The molecule has 4 nitrogen and oxygen atoms in total. The molecule has 0 radical (unpaired) electrons. The third-order valence-electron chi connectivity index (χ3n) is 3.36. The number of amides is 2. The summed E-state index contributed by atoms with van der Waals surface area (Å²) in [4.78, 5) is 14.0. The van der Waals surface area contributed by atoms with Crippen molar-refractivity contribution < 1.29 is 9.53 Å². The molecule has 0 bridgehead atoms. The normalized spacial score (nSPS) is 22.9. The number of rotatable bonds is 2. The Hall–Kier alpha value is -1.55. The molecule has 0 saturated carbocycles. The second-order valence-electron chi connectivity index (χ2n) is 6.51. The van der Waals surface area contributed by atoms with Crippen LogP contribution in [0.15, 0.2) is 30.3 Å². The topological polar surface area (TPSA) is 41.6 Å². The molecular formula is C16H24N2O2. The first kappa shape index (κ1) is 14.9. The van der Waals surface area contributed by atoms with Crippen molar-refractivity contribution in [3.05, 3.63) is 35.9 Å². The number of urea groups is 1. The summed E-state index contributed by atoms with van der Waals surface area (Å²) >= 11 is 0. The number of carbonyl (C=O) groups excluding carboxylic acids is 1. The molecule has 1 aromatic carbocycles. The lowest BCUT2D eigenvalue weighted by atomic mass is 9.97. The second kappa shape index (κ2) is 5.83. The third-order valence-corrected chi connectivity index (χ3v) is 3.36. The standard InChI is InChI=1S/C16H24N2O2/c1-12-18(15(19)17-11-16(2,3)4)10-14(20-12)13-8-6-5-7-9-13/h5-9,12,14H,10-11H2,1-4H3,(H,17,19). The molecule has 1 aliphatic rings. The maximum atomic E-state index is 12.2. The molecule has 1 N–H and O–H groups in total. The molecule has 1 fully saturated rings. The molecule has 2 rings (SSSR count). The first-order valence-electron chi connectivity index (χ1n) is 7.12. The van der Waals surface area contributed by atoms with Crippen LogP contribution in [-0.4, -0.2) is 30.2 Å². The first-order chi connectivity index (χ1) is 9.37. The number of ether oxygens (including phenoxy) is 1. The number of hydrogen-bond donors (Lipinski definition) is 1. The molecule has 2 unspecified atom stereocenters. The molecule has 20 heavy (non-hydrogen) atoms. The molecule has 110 valence electrons. The molecule has 4 heteroatoms. The van der Waals surface area contributed by atoms with Crippen LogP contribution in [0, 0.1) is 5.41 Å². The van der Waals surface area contributed by atoms with E-state index < -0.39 is 0 Å². The van der Waals surface area contributed by atoms with Gasteiger partial charge in [-0.2, -0.15) is 0 Å². The Morgan fingerprint density at radius 1 is 1.35 bits per heavy atom. The second-order valence-corrected chi connectivity index (χ2v) is 6.51. The van der Waals surface area contributed by atoms with Gasteiger partial charge in [0, 0.05) is 6.54 Å². The van der Waals surface area contributed by atoms with Crippen LogP contribution in [-0.2, 0) is 4.74 Å². The monoisotopic (exact) mass is 276 g/mol. The van der Waals surface area contributed by atoms with Crippen molar-refractivity contribution in [2.45, 2.75) is 40.0 Å². The number of carbonyl (C=O) groups is 1. The van der Waals surface area contributed by atoms with Gasteiger partial charge in [0.05, 0.1) is 6.54 Å². The van der Waals surface area contributed by atoms with Gasteiger partial charge in [-0.3, -0.25) is 4.90 Å². The van der Waals surface area contributed by atoms with Crippen LogP contribution in [0.1, 0.15) is 39.4 Å². The Kier molecular flexibility index (Phi) is 4.33. The van der Waals surface area contributed by atoms with Crippen LogP contribution in [0.4, 0.5) is 4.79 Å². The fraction of sp³-hybridized carbons (Fsp3) is 0.562. The average Bonchev–Trinajstić information content (AvgIpc) is 2.78. The first-order valence-corrected chi connectivity index (χ1v) is 7.12. The summed E-state index contributed by atoms with van der Waals surface area (Å²) in [5, 5.41) is 2.97. The van der Waals surface area contributed by atoms with E-state index in [1.165, 1.54) is 0 Å². The molecule has 2 atom stereocenters. The van der Waals surface area contributed by atoms with Crippen molar-refractivity contribution in [2.75, 3.05) is 13.1 Å². The van der Waals surface area contributed by atoms with E-state index in [0.29, 0.717) is 13.1 Å². The molecule has 1 aliphatic heterocycles. The van der Waals surface area contributed by atoms with E-state index in [0.717, 1.165) is 5.56 Å². The highest BCUT2D eigenvalue weighted by molar-refractivity contribution is 5.74. The molecular weight excluding hydrogens is 252 g/mol. The molecule has 0 aromatic heterocycles. The quantitative estimate of drug-likeness (QED) is 0.901. The highest BCUT2D eigenvalue weighted by atomic mass is 16.5. The maximum Gasteiger partial charge on any atom is 0.319 e. The molecule has 1 heterocycles. The van der Waals surface area contributed by atoms with Crippen molar-refractivity contribution in [3.8, 4) is 0 Å². The Balaban J connectivity index is 1.95. The van der Waals surface area contributed by atoms with Crippen molar-refractivity contribution in [3.63, 3.8) is 0 Å². The van der Waals surface area contributed by atoms with Crippen LogP contribution in [0.2, 0.25) is 0 Å². The van der Waals surface area contributed by atoms with Crippen molar-refractivity contribution in [2.24, 2.45) is 5.41 Å². The fourth-order valence-electron chi connectivity index (χ4n) is 2.22. The smallest absolute Gasteiger partial charge is 0.319 e. The summed E-state index contributed by atoms with van der Waals surface area (Å²) in [6, 6.07) is 9.99. The zero-order valence-corrected chi connectivity index (χ0v) is 12.7. The van der Waals surface area contributed by atoms with Gasteiger partial charge in [-0.05, 0) is 17.9 Å². The minimum atomic E-state index is -0.194. The van der Waals surface area contributed by atoms with Gasteiger partial charge in [0.2, 0.25) is 0 Å². The predicted octanol–water partition coefficient (Wildman–Crippen LogP) is 3.16.